The molecule has 2 aliphatic carbocycles. The van der Waals surface area contributed by atoms with Crippen molar-refractivity contribution in [3.63, 3.8) is 0 Å². The van der Waals surface area contributed by atoms with Gasteiger partial charge in [0, 0.05) is 44.1 Å². The zero-order valence-corrected chi connectivity index (χ0v) is 38.7. The van der Waals surface area contributed by atoms with E-state index in [1.54, 1.807) is 30.5 Å². The number of fused-ring (bicyclic) bond motifs is 5. The van der Waals surface area contributed by atoms with Gasteiger partial charge in [-0.2, -0.15) is 11.3 Å². The quantitative estimate of drug-likeness (QED) is 0.118. The first kappa shape index (κ1) is 30.5. The molecule has 7 aromatic rings. The standard InChI is InChI=1S/C31H27N2S.C20H28GeN.Ir/c1-19-7-10-25(28-18-21(13-14-32-28)17-24-16-20-8-9-23(24)15-20)30-29(19)26-11-12-27(33-31(26)34-30)22-5-3-2-4-6-22;1-15-8-10-16(11-9-15)19-12-17(13-20(2,3)4)18(14-22-19)21(5,6)7;/h2-7,11-14,18,20,23-24H,8-9,15-17H2,1H3;8-10,12,14H,13H2,1-7H3;/q2*-1;/i1D3,17D2;1D3,13D2;. The summed E-state index contributed by atoms with van der Waals surface area (Å²) in [6, 6.07) is 31.8. The number of nitrogens with zero attached hydrogens (tertiary/aromatic N) is 3. The predicted octanol–water partition coefficient (Wildman–Crippen LogP) is 13.3. The SMILES string of the molecule is [2H]C([2H])([2H])c1c[c-]c(-c2cc(C([2H])([2H])C(C)(C)C)[c]([Ge]([CH3])([CH3])[CH3])cn2)cc1.[2H]C([2H])([2H])c1c[c-]c(-c2cc(C([2H])([2H])C3CC4CCC3C4)ccn2)c2sc3nc(-c4ccccc4)ccc3c12.[Ir]. The minimum absolute atomic E-state index is 0. The minimum Gasteiger partial charge on any atom is -0.305 e. The Hall–Kier alpha value is -3.48. The van der Waals surface area contributed by atoms with Crippen molar-refractivity contribution in [1.29, 1.82) is 0 Å². The molecule has 2 aliphatic rings. The van der Waals surface area contributed by atoms with E-state index in [0.29, 0.717) is 50.9 Å². The van der Waals surface area contributed by atoms with E-state index in [2.05, 4.69) is 39.4 Å². The number of hydrogen-bond donors (Lipinski definition) is 0. The zero-order valence-electron chi connectivity index (χ0n) is 43.4. The van der Waals surface area contributed by atoms with Gasteiger partial charge in [0.25, 0.3) is 0 Å². The van der Waals surface area contributed by atoms with Crippen LogP contribution in [-0.2, 0) is 32.9 Å². The summed E-state index contributed by atoms with van der Waals surface area (Å²) >= 11 is -0.911. The van der Waals surface area contributed by atoms with E-state index in [0.717, 1.165) is 49.8 Å². The van der Waals surface area contributed by atoms with Crippen LogP contribution in [-0.4, -0.2) is 28.2 Å². The molecule has 0 aliphatic heterocycles. The van der Waals surface area contributed by atoms with Crippen LogP contribution in [0.15, 0.2) is 97.3 Å². The van der Waals surface area contributed by atoms with Gasteiger partial charge in [0.1, 0.15) is 4.83 Å². The van der Waals surface area contributed by atoms with Gasteiger partial charge >= 0.3 is 145 Å². The van der Waals surface area contributed by atoms with Gasteiger partial charge in [0.2, 0.25) is 0 Å². The van der Waals surface area contributed by atoms with Crippen molar-refractivity contribution in [2.45, 2.75) is 90.2 Å². The summed E-state index contributed by atoms with van der Waals surface area (Å²) in [6.07, 6.45) is 4.98. The molecule has 4 aromatic heterocycles. The maximum atomic E-state index is 9.10. The Kier molecular flexibility index (Phi) is 9.12. The molecule has 2 fully saturated rings. The monoisotopic (exact) mass is 1020 g/mol. The van der Waals surface area contributed by atoms with E-state index in [-0.39, 0.29) is 37.2 Å². The van der Waals surface area contributed by atoms with Gasteiger partial charge < -0.3 is 4.98 Å². The van der Waals surface area contributed by atoms with Crippen molar-refractivity contribution in [2.24, 2.45) is 23.2 Å². The van der Waals surface area contributed by atoms with E-state index in [1.807, 2.05) is 81.6 Å². The Morgan fingerprint density at radius 1 is 0.877 bits per heavy atom. The molecule has 0 N–H and O–H groups in total. The minimum atomic E-state index is -2.36. The normalized spacial score (nSPS) is 21.3. The van der Waals surface area contributed by atoms with Crippen molar-refractivity contribution in [2.75, 3.05) is 0 Å². The Bertz CT molecular complexity index is 2900. The van der Waals surface area contributed by atoms with Gasteiger partial charge in [0.15, 0.2) is 0 Å². The van der Waals surface area contributed by atoms with Gasteiger partial charge in [0.05, 0.1) is 5.69 Å². The molecular weight excluding hydrogens is 951 g/mol. The van der Waals surface area contributed by atoms with E-state index < -0.39 is 45.1 Å². The second-order valence-corrected chi connectivity index (χ2v) is 29.0. The second kappa shape index (κ2) is 17.0. The molecule has 0 saturated heterocycles. The largest absolute Gasteiger partial charge is 0.305 e. The molecule has 295 valence electrons. The number of aryl methyl sites for hydroxylation is 2. The van der Waals surface area contributed by atoms with Crippen LogP contribution in [0.2, 0.25) is 17.3 Å². The topological polar surface area (TPSA) is 38.7 Å². The average molecular weight is 1020 g/mol. The van der Waals surface area contributed by atoms with Gasteiger partial charge in [-0.15, -0.1) is 23.3 Å². The third kappa shape index (κ3) is 9.38. The fraction of sp³-hybridized carbons (Fsp3) is 0.353. The van der Waals surface area contributed by atoms with Crippen LogP contribution in [0.3, 0.4) is 0 Å². The predicted molar refractivity (Wildman–Crippen MR) is 241 cm³/mol. The van der Waals surface area contributed by atoms with Crippen LogP contribution < -0.4 is 4.40 Å². The van der Waals surface area contributed by atoms with Crippen LogP contribution in [0.25, 0.3) is 54.1 Å². The molecule has 9 rings (SSSR count). The fourth-order valence-corrected chi connectivity index (χ4v) is 12.4. The summed E-state index contributed by atoms with van der Waals surface area (Å²) in [4.78, 5) is 14.9. The molecule has 6 heteroatoms. The first-order valence-electron chi connectivity index (χ1n) is 24.6. The summed E-state index contributed by atoms with van der Waals surface area (Å²) in [5.74, 6) is 7.83. The summed E-state index contributed by atoms with van der Waals surface area (Å²) in [5.41, 5.74) is 5.65. The molecule has 4 heterocycles. The first-order valence-corrected chi connectivity index (χ1v) is 27.8. The Balaban J connectivity index is 0.000000211. The molecule has 3 nitrogen and oxygen atoms in total. The Morgan fingerprint density at radius 2 is 1.72 bits per heavy atom. The van der Waals surface area contributed by atoms with Crippen LogP contribution in [0, 0.1) is 49.0 Å². The zero-order chi connectivity index (χ0) is 47.8. The Labute approximate surface area is 375 Å². The molecular formula is C51H55GeIrN3S-2. The van der Waals surface area contributed by atoms with Crippen molar-refractivity contribution >= 4 is 49.3 Å². The molecule has 57 heavy (non-hydrogen) atoms. The van der Waals surface area contributed by atoms with Crippen molar-refractivity contribution in [1.82, 2.24) is 15.0 Å². The van der Waals surface area contributed by atoms with Gasteiger partial charge in [-0.05, 0) is 65.9 Å². The van der Waals surface area contributed by atoms with Gasteiger partial charge in [-0.1, -0.05) is 66.7 Å². The molecule has 0 amide bonds. The smallest absolute Gasteiger partial charge is 0.114 e. The summed E-state index contributed by atoms with van der Waals surface area (Å²) in [7, 11) is 0. The maximum Gasteiger partial charge on any atom is 0.114 e. The van der Waals surface area contributed by atoms with E-state index in [1.165, 1.54) is 23.8 Å². The van der Waals surface area contributed by atoms with Crippen LogP contribution in [0.1, 0.15) is 82.4 Å². The third-order valence-electron chi connectivity index (χ3n) is 10.9. The summed E-state index contributed by atoms with van der Waals surface area (Å²) in [5, 5.41) is 1.45. The molecule has 0 spiro atoms. The van der Waals surface area contributed by atoms with Crippen LogP contribution in [0.5, 0.6) is 0 Å². The van der Waals surface area contributed by atoms with Gasteiger partial charge in [-0.25, -0.2) is 4.98 Å². The molecule has 3 atom stereocenters. The number of hydrogen-bond acceptors (Lipinski definition) is 4. The fourth-order valence-electron chi connectivity index (χ4n) is 8.25. The van der Waals surface area contributed by atoms with E-state index in [9.17, 15) is 0 Å². The van der Waals surface area contributed by atoms with Crippen molar-refractivity contribution < 1.29 is 33.8 Å². The molecule has 3 unspecified atom stereocenters. The number of thiophene rings is 1. The second-order valence-electron chi connectivity index (χ2n) is 17.4. The van der Waals surface area contributed by atoms with Crippen LogP contribution in [0.4, 0.5) is 0 Å². The molecule has 1 radical (unpaired) electrons. The number of rotatable bonds is 7. The van der Waals surface area contributed by atoms with E-state index in [4.69, 9.17) is 18.7 Å². The van der Waals surface area contributed by atoms with Crippen molar-refractivity contribution in [3.8, 4) is 33.8 Å². The van der Waals surface area contributed by atoms with Crippen molar-refractivity contribution in [3.05, 3.63) is 132 Å². The molecule has 2 bridgehead atoms. The molecule has 2 saturated carbocycles. The summed E-state index contributed by atoms with van der Waals surface area (Å²) in [6.45, 7) is 1.24. The van der Waals surface area contributed by atoms with Crippen LogP contribution >= 0.6 is 11.3 Å². The first-order chi connectivity index (χ1) is 30.7. The number of aromatic nitrogens is 3. The average Bonchev–Trinajstić information content (AvgIpc) is 4.01. The number of pyridine rings is 3. The summed E-state index contributed by atoms with van der Waals surface area (Å²) < 4.78 is 84.7. The van der Waals surface area contributed by atoms with E-state index >= 15 is 0 Å². The molecule has 3 aromatic carbocycles. The Morgan fingerprint density at radius 3 is 2.40 bits per heavy atom. The third-order valence-corrected chi connectivity index (χ3v) is 16.2. The number of benzene rings is 3. The maximum absolute atomic E-state index is 9.10. The van der Waals surface area contributed by atoms with Gasteiger partial charge in [-0.3, -0.25) is 0 Å².